The van der Waals surface area contributed by atoms with E-state index in [1.165, 1.54) is 122 Å². The summed E-state index contributed by atoms with van der Waals surface area (Å²) in [5, 5.41) is 24.8. The van der Waals surface area contributed by atoms with Crippen molar-refractivity contribution in [3.63, 3.8) is 0 Å². The largest absolute Gasteiger partial charge is 0.472 e. The number of quaternary nitrogens is 1. The van der Waals surface area contributed by atoms with E-state index in [4.69, 9.17) is 9.05 Å². The van der Waals surface area contributed by atoms with Gasteiger partial charge in [0.15, 0.2) is 0 Å². The van der Waals surface area contributed by atoms with Crippen LogP contribution < -0.4 is 5.32 Å². The summed E-state index contributed by atoms with van der Waals surface area (Å²) in [6, 6.07) is -1.06. The van der Waals surface area contributed by atoms with Crippen LogP contribution in [0.5, 0.6) is 0 Å². The second kappa shape index (κ2) is 56.4. The highest BCUT2D eigenvalue weighted by molar-refractivity contribution is 7.47. The first kappa shape index (κ1) is 74.1. The number of hydrogen-bond donors (Lipinski definition) is 4. The quantitative estimate of drug-likeness (QED) is 0.0207. The third-order valence-electron chi connectivity index (χ3n) is 13.6. The molecule has 444 valence electrons. The topological polar surface area (TPSA) is 125 Å². The average molecular weight is 1100 g/mol. The molecule has 0 spiro atoms. The van der Waals surface area contributed by atoms with Gasteiger partial charge in [0, 0.05) is 6.42 Å². The fourth-order valence-corrected chi connectivity index (χ4v) is 9.41. The number of phosphoric ester groups is 1. The van der Waals surface area contributed by atoms with Gasteiger partial charge in [-0.05, 0) is 109 Å². The molecule has 0 saturated carbocycles. The normalized spacial score (nSPS) is 15.0. The molecule has 0 aromatic rings. The van der Waals surface area contributed by atoms with Gasteiger partial charge in [-0.3, -0.25) is 13.8 Å². The van der Waals surface area contributed by atoms with Crippen molar-refractivity contribution in [1.82, 2.24) is 5.32 Å². The van der Waals surface area contributed by atoms with Crippen LogP contribution in [0.25, 0.3) is 0 Å². The number of rotatable bonds is 56. The van der Waals surface area contributed by atoms with Crippen molar-refractivity contribution in [3.05, 3.63) is 109 Å². The van der Waals surface area contributed by atoms with Crippen LogP contribution >= 0.6 is 7.82 Å². The first-order valence-corrected chi connectivity index (χ1v) is 32.8. The van der Waals surface area contributed by atoms with E-state index in [2.05, 4.69) is 129 Å². The van der Waals surface area contributed by atoms with E-state index in [0.29, 0.717) is 23.9 Å². The number of aliphatic hydroxyl groups excluding tert-OH is 2. The zero-order valence-corrected chi connectivity index (χ0v) is 51.2. The molecule has 0 saturated heterocycles. The highest BCUT2D eigenvalue weighted by atomic mass is 31.2. The van der Waals surface area contributed by atoms with Gasteiger partial charge < -0.3 is 24.9 Å². The zero-order valence-electron chi connectivity index (χ0n) is 50.3. The molecule has 0 fully saturated rings. The number of phosphoric acid groups is 1. The van der Waals surface area contributed by atoms with Gasteiger partial charge in [-0.2, -0.15) is 0 Å². The first-order valence-electron chi connectivity index (χ1n) is 31.3. The summed E-state index contributed by atoms with van der Waals surface area (Å²) in [5.74, 6) is -0.273. The van der Waals surface area contributed by atoms with Crippen molar-refractivity contribution in [1.29, 1.82) is 0 Å². The number of amides is 1. The molecule has 4 N–H and O–H groups in total. The number of aliphatic hydroxyl groups is 2. The van der Waals surface area contributed by atoms with Crippen LogP contribution in [0.3, 0.4) is 0 Å². The van der Waals surface area contributed by atoms with Crippen LogP contribution in [0, 0.1) is 0 Å². The minimum absolute atomic E-state index is 0.0111. The summed E-state index contributed by atoms with van der Waals surface area (Å²) >= 11 is 0. The number of unbranched alkanes of at least 4 members (excludes halogenated alkanes) is 24. The second-order valence-corrected chi connectivity index (χ2v) is 23.6. The van der Waals surface area contributed by atoms with Crippen molar-refractivity contribution < 1.29 is 38.0 Å². The van der Waals surface area contributed by atoms with E-state index < -0.39 is 32.7 Å². The number of carbonyl (C=O) groups is 1. The summed E-state index contributed by atoms with van der Waals surface area (Å²) in [7, 11) is 1.40. The Morgan fingerprint density at radius 2 is 0.818 bits per heavy atom. The van der Waals surface area contributed by atoms with Gasteiger partial charge in [0.05, 0.1) is 39.9 Å². The predicted octanol–water partition coefficient (Wildman–Crippen LogP) is 18.5. The fraction of sp³-hybridized carbons (Fsp3) is 0.716. The van der Waals surface area contributed by atoms with E-state index in [9.17, 15) is 24.5 Å². The van der Waals surface area contributed by atoms with E-state index in [0.717, 1.165) is 96.3 Å². The fourth-order valence-electron chi connectivity index (χ4n) is 8.67. The molecule has 0 aliphatic carbocycles. The summed E-state index contributed by atoms with van der Waals surface area (Å²) in [4.78, 5) is 23.3. The van der Waals surface area contributed by atoms with E-state index in [1.807, 2.05) is 21.1 Å². The molecule has 4 unspecified atom stereocenters. The van der Waals surface area contributed by atoms with E-state index in [-0.39, 0.29) is 18.9 Å². The van der Waals surface area contributed by atoms with Gasteiger partial charge in [-0.1, -0.05) is 245 Å². The molecule has 77 heavy (non-hydrogen) atoms. The standard InChI is InChI=1S/C67H119N2O7P/c1-6-8-10-12-14-16-18-20-21-22-23-24-25-26-27-28-29-30-31-32-33-34-35-36-37-38-39-40-41-42-43-44-45-46-47-48-50-52-54-56-58-60-66(71)68-64(63-76-77(73,74)75-62-61-69(3,4)5)67(72)65(70)59-57-55-53-51-49-19-17-15-13-11-9-7-2/h8,10,14-17,20-21,23-24,26-27,29-30,32-33,51,53,64-65,67,70,72H,6-7,9,11-13,18-19,22,25,28,31,34-50,52,54-63H2,1-5H3,(H-,68,71,73,74)/p+1/b10-8-,16-14-,17-15+,21-20-,24-23-,27-26-,30-29-,33-32-,53-51+. The lowest BCUT2D eigenvalue weighted by Crippen LogP contribution is -2.51. The molecule has 0 rings (SSSR count). The lowest BCUT2D eigenvalue weighted by molar-refractivity contribution is -0.870. The smallest absolute Gasteiger partial charge is 0.390 e. The van der Waals surface area contributed by atoms with Crippen LogP contribution in [0.15, 0.2) is 109 Å². The molecule has 0 bridgehead atoms. The van der Waals surface area contributed by atoms with Crippen molar-refractivity contribution in [2.75, 3.05) is 40.9 Å². The van der Waals surface area contributed by atoms with Crippen LogP contribution in [-0.4, -0.2) is 84.6 Å². The molecule has 0 aliphatic rings. The lowest BCUT2D eigenvalue weighted by atomic mass is 10.0. The average Bonchev–Trinajstić information content (AvgIpc) is 3.39. The Balaban J connectivity index is 4.00. The summed E-state index contributed by atoms with van der Waals surface area (Å²) in [6.45, 7) is 4.43. The number of hydrogen-bond acceptors (Lipinski definition) is 6. The molecule has 0 heterocycles. The van der Waals surface area contributed by atoms with Crippen molar-refractivity contribution >= 4 is 13.7 Å². The molecular weight excluding hydrogens is 976 g/mol. The maximum Gasteiger partial charge on any atom is 0.472 e. The summed E-state index contributed by atoms with van der Waals surface area (Å²) in [5.41, 5.74) is 0. The van der Waals surface area contributed by atoms with Crippen molar-refractivity contribution in [2.24, 2.45) is 0 Å². The van der Waals surface area contributed by atoms with Gasteiger partial charge in [0.2, 0.25) is 5.91 Å². The summed E-state index contributed by atoms with van der Waals surface area (Å²) < 4.78 is 23.6. The monoisotopic (exact) mass is 1100 g/mol. The Morgan fingerprint density at radius 1 is 0.468 bits per heavy atom. The van der Waals surface area contributed by atoms with Gasteiger partial charge in [0.25, 0.3) is 0 Å². The Labute approximate surface area is 474 Å². The minimum Gasteiger partial charge on any atom is -0.390 e. The van der Waals surface area contributed by atoms with Crippen LogP contribution in [0.2, 0.25) is 0 Å². The van der Waals surface area contributed by atoms with Gasteiger partial charge in [-0.15, -0.1) is 0 Å². The van der Waals surface area contributed by atoms with Crippen LogP contribution in [0.4, 0.5) is 0 Å². The Kier molecular flexibility index (Phi) is 54.3. The predicted molar refractivity (Wildman–Crippen MR) is 333 cm³/mol. The highest BCUT2D eigenvalue weighted by Crippen LogP contribution is 2.43. The molecule has 4 atom stereocenters. The first-order chi connectivity index (χ1) is 37.4. The van der Waals surface area contributed by atoms with Gasteiger partial charge in [0.1, 0.15) is 19.3 Å². The molecule has 9 nitrogen and oxygen atoms in total. The highest BCUT2D eigenvalue weighted by Gasteiger charge is 2.32. The molecule has 0 aliphatic heterocycles. The Hall–Kier alpha value is -2.88. The SMILES string of the molecule is CC/C=C\C/C=C\C/C=C\C/C=C\C/C=C\C/C=C\C/C=C\CCCCCCCCCCCCCCCCCCCCCC(=O)NC(COP(=O)(O)OCC[N+](C)(C)C)C(O)C(O)CCC/C=C/CC/C=C/CCCCC. The molecule has 1 amide bonds. The minimum atomic E-state index is -4.44. The molecule has 0 aromatic heterocycles. The number of likely N-dealkylation sites (N-methyl/N-ethyl adjacent to an activating group) is 1. The third-order valence-corrected chi connectivity index (χ3v) is 14.6. The zero-order chi connectivity index (χ0) is 56.4. The number of carbonyl (C=O) groups excluding carboxylic acids is 1. The third kappa shape index (κ3) is 57.6. The van der Waals surface area contributed by atoms with Crippen LogP contribution in [-0.2, 0) is 18.4 Å². The van der Waals surface area contributed by atoms with E-state index >= 15 is 0 Å². The van der Waals surface area contributed by atoms with Crippen LogP contribution in [0.1, 0.15) is 251 Å². The number of nitrogens with zero attached hydrogens (tertiary/aromatic N) is 1. The Bertz CT molecular complexity index is 1640. The van der Waals surface area contributed by atoms with E-state index in [1.54, 1.807) is 0 Å². The van der Waals surface area contributed by atoms with Crippen molar-refractivity contribution in [3.8, 4) is 0 Å². The molecular formula is C67H120N2O7P+. The maximum atomic E-state index is 13.0. The van der Waals surface area contributed by atoms with Gasteiger partial charge in [-0.25, -0.2) is 4.57 Å². The molecule has 0 radical (unpaired) electrons. The second-order valence-electron chi connectivity index (χ2n) is 22.2. The maximum absolute atomic E-state index is 13.0. The van der Waals surface area contributed by atoms with Gasteiger partial charge >= 0.3 is 7.82 Å². The summed E-state index contributed by atoms with van der Waals surface area (Å²) in [6.07, 6.45) is 79.3. The van der Waals surface area contributed by atoms with Crippen molar-refractivity contribution in [2.45, 2.75) is 270 Å². The lowest BCUT2D eigenvalue weighted by Gasteiger charge is -2.28. The molecule has 0 aromatic carbocycles. The number of allylic oxidation sites excluding steroid dienone is 18. The Morgan fingerprint density at radius 3 is 1.23 bits per heavy atom. The molecule has 10 heteroatoms. The number of nitrogens with one attached hydrogen (secondary N) is 1.